The molecule has 0 aliphatic carbocycles. The normalized spacial score (nSPS) is 11.7. The minimum absolute atomic E-state index is 0. The fourth-order valence-electron chi connectivity index (χ4n) is 1.88. The van der Waals surface area contributed by atoms with E-state index in [0.717, 1.165) is 18.2 Å². The topological polar surface area (TPSA) is 172 Å². The molecule has 0 spiro atoms. The Morgan fingerprint density at radius 1 is 0.581 bits per heavy atom. The smallest absolute Gasteiger partial charge is 0.549 e. The molecule has 168 valence electrons. The summed E-state index contributed by atoms with van der Waals surface area (Å²) in [5.74, 6) is -8.48. The zero-order valence-electron chi connectivity index (χ0n) is 18.0. The molecular formula is C21H27AlO9. The van der Waals surface area contributed by atoms with Crippen molar-refractivity contribution in [2.24, 2.45) is 17.8 Å². The Kier molecular flexibility index (Phi) is 23.5. The van der Waals surface area contributed by atoms with E-state index in [0.29, 0.717) is 0 Å². The molecule has 3 atom stereocenters. The van der Waals surface area contributed by atoms with Gasteiger partial charge >= 0.3 is 17.4 Å². The van der Waals surface area contributed by atoms with Gasteiger partial charge in [0.05, 0.1) is 35.7 Å². The van der Waals surface area contributed by atoms with Gasteiger partial charge in [0, 0.05) is 0 Å². The molecule has 0 aromatic carbocycles. The summed E-state index contributed by atoms with van der Waals surface area (Å²) in [6.45, 7) is 14.4. The van der Waals surface area contributed by atoms with Crippen molar-refractivity contribution in [1.82, 2.24) is 0 Å². The summed E-state index contributed by atoms with van der Waals surface area (Å²) >= 11 is 0. The van der Waals surface area contributed by atoms with E-state index in [9.17, 15) is 44.1 Å². The molecule has 0 fully saturated rings. The predicted molar refractivity (Wildman–Crippen MR) is 108 cm³/mol. The number of carbonyl (C=O) groups excluding carboxylic acids is 6. The Morgan fingerprint density at radius 2 is 0.742 bits per heavy atom. The molecule has 31 heavy (non-hydrogen) atoms. The van der Waals surface area contributed by atoms with Gasteiger partial charge in [-0.1, -0.05) is 40.5 Å². The SMILES string of the molecule is C=CC(=O)C(CC)C(=O)[O-].C=CC(=O)C(CC)C(=O)[O-].C=CC(=O)C(CC)C(=O)[O-].[Al+3]. The van der Waals surface area contributed by atoms with Crippen LogP contribution in [0.1, 0.15) is 40.0 Å². The van der Waals surface area contributed by atoms with E-state index in [1.54, 1.807) is 20.8 Å². The third-order valence-electron chi connectivity index (χ3n) is 3.71. The van der Waals surface area contributed by atoms with Crippen molar-refractivity contribution in [1.29, 1.82) is 0 Å². The van der Waals surface area contributed by atoms with Gasteiger partial charge in [-0.25, -0.2) is 0 Å². The predicted octanol–water partition coefficient (Wildman–Crippen LogP) is -1.83. The van der Waals surface area contributed by atoms with Crippen LogP contribution in [-0.2, 0) is 28.8 Å². The average molecular weight is 450 g/mol. The van der Waals surface area contributed by atoms with Gasteiger partial charge in [-0.3, -0.25) is 14.4 Å². The van der Waals surface area contributed by atoms with Crippen LogP contribution in [0.25, 0.3) is 0 Å². The van der Waals surface area contributed by atoms with Crippen molar-refractivity contribution in [2.45, 2.75) is 40.0 Å². The Bertz CT molecular complexity index is 577. The van der Waals surface area contributed by atoms with Crippen LogP contribution in [0.3, 0.4) is 0 Å². The zero-order chi connectivity index (χ0) is 24.4. The maximum atomic E-state index is 10.6. The van der Waals surface area contributed by atoms with Crippen LogP contribution in [0.15, 0.2) is 38.0 Å². The summed E-state index contributed by atoms with van der Waals surface area (Å²) in [6, 6.07) is 0. The molecule has 0 rings (SSSR count). The van der Waals surface area contributed by atoms with Gasteiger partial charge in [-0.15, -0.1) is 0 Å². The number of carboxylic acids is 3. The molecule has 0 N–H and O–H groups in total. The molecule has 0 aliphatic heterocycles. The molecule has 0 aromatic rings. The molecule has 0 saturated heterocycles. The molecule has 0 amide bonds. The summed E-state index contributed by atoms with van der Waals surface area (Å²) in [4.78, 5) is 62.4. The second-order valence-corrected chi connectivity index (χ2v) is 5.66. The number of allylic oxidation sites excluding steroid dienone is 3. The summed E-state index contributed by atoms with van der Waals surface area (Å²) in [7, 11) is 0. The molecule has 10 heteroatoms. The number of ketones is 3. The van der Waals surface area contributed by atoms with Crippen LogP contribution < -0.4 is 15.3 Å². The van der Waals surface area contributed by atoms with Crippen molar-refractivity contribution in [2.75, 3.05) is 0 Å². The van der Waals surface area contributed by atoms with E-state index in [2.05, 4.69) is 19.7 Å². The molecule has 0 radical (unpaired) electrons. The first-order valence-electron chi connectivity index (χ1n) is 9.01. The standard InChI is InChI=1S/3C7H10O3.Al/c3*1-3-5(7(9)10)6(8)4-2;/h3*4-5H,2-3H2,1H3,(H,9,10);/q;;;+3/p-3. The quantitative estimate of drug-likeness (QED) is 0.188. The number of hydrogen-bond acceptors (Lipinski definition) is 9. The largest absolute Gasteiger partial charge is 3.00 e. The maximum Gasteiger partial charge on any atom is 3.00 e. The van der Waals surface area contributed by atoms with Crippen LogP contribution in [0.5, 0.6) is 0 Å². The third-order valence-corrected chi connectivity index (χ3v) is 3.71. The minimum atomic E-state index is -1.33. The summed E-state index contributed by atoms with van der Waals surface area (Å²) in [6.07, 6.45) is 3.78. The molecule has 0 bridgehead atoms. The molecule has 0 heterocycles. The second-order valence-electron chi connectivity index (χ2n) is 5.66. The fraction of sp³-hybridized carbons (Fsp3) is 0.429. The van der Waals surface area contributed by atoms with Crippen LogP contribution >= 0.6 is 0 Å². The molecule has 0 aliphatic rings. The first-order valence-corrected chi connectivity index (χ1v) is 9.01. The summed E-state index contributed by atoms with van der Waals surface area (Å²) < 4.78 is 0. The van der Waals surface area contributed by atoms with Crippen molar-refractivity contribution < 1.29 is 44.1 Å². The van der Waals surface area contributed by atoms with Crippen LogP contribution in [0.4, 0.5) is 0 Å². The monoisotopic (exact) mass is 450 g/mol. The Morgan fingerprint density at radius 3 is 0.774 bits per heavy atom. The van der Waals surface area contributed by atoms with Gasteiger partial charge in [-0.05, 0) is 37.5 Å². The van der Waals surface area contributed by atoms with Crippen molar-refractivity contribution in [3.8, 4) is 0 Å². The van der Waals surface area contributed by atoms with E-state index in [1.807, 2.05) is 0 Å². The van der Waals surface area contributed by atoms with Gasteiger partial charge in [0.25, 0.3) is 0 Å². The van der Waals surface area contributed by atoms with Crippen LogP contribution in [-0.4, -0.2) is 52.6 Å². The van der Waals surface area contributed by atoms with E-state index < -0.39 is 53.0 Å². The van der Waals surface area contributed by atoms with Gasteiger partial charge in [0.15, 0.2) is 17.3 Å². The van der Waals surface area contributed by atoms with E-state index in [-0.39, 0.29) is 36.6 Å². The molecule has 3 unspecified atom stereocenters. The van der Waals surface area contributed by atoms with Crippen LogP contribution in [0.2, 0.25) is 0 Å². The first kappa shape index (κ1) is 35.6. The Hall–Kier alpha value is -2.83. The average Bonchev–Trinajstić information content (AvgIpc) is 2.69. The molecule has 0 saturated carbocycles. The van der Waals surface area contributed by atoms with Gasteiger partial charge in [0.2, 0.25) is 0 Å². The van der Waals surface area contributed by atoms with Gasteiger partial charge in [0.1, 0.15) is 0 Å². The summed E-state index contributed by atoms with van der Waals surface area (Å²) in [5, 5.41) is 30.5. The summed E-state index contributed by atoms with van der Waals surface area (Å²) in [5.41, 5.74) is 0. The van der Waals surface area contributed by atoms with Crippen molar-refractivity contribution in [3.63, 3.8) is 0 Å². The Labute approximate surface area is 192 Å². The number of aliphatic carboxylic acids is 3. The maximum absolute atomic E-state index is 10.6. The van der Waals surface area contributed by atoms with Gasteiger partial charge < -0.3 is 29.7 Å². The first-order chi connectivity index (χ1) is 13.9. The molecule has 9 nitrogen and oxygen atoms in total. The van der Waals surface area contributed by atoms with Gasteiger partial charge in [-0.2, -0.15) is 0 Å². The van der Waals surface area contributed by atoms with E-state index in [4.69, 9.17) is 0 Å². The number of rotatable bonds is 12. The Balaban J connectivity index is -0.000000174. The van der Waals surface area contributed by atoms with Crippen molar-refractivity contribution >= 4 is 52.6 Å². The van der Waals surface area contributed by atoms with Crippen LogP contribution in [0, 0.1) is 17.8 Å². The zero-order valence-corrected chi connectivity index (χ0v) is 19.1. The molecule has 0 aromatic heterocycles. The second kappa shape index (κ2) is 20.4. The van der Waals surface area contributed by atoms with E-state index in [1.165, 1.54) is 0 Å². The van der Waals surface area contributed by atoms with E-state index >= 15 is 0 Å². The van der Waals surface area contributed by atoms with Crippen molar-refractivity contribution in [3.05, 3.63) is 38.0 Å². The number of carbonyl (C=O) groups is 6. The number of hydrogen-bond donors (Lipinski definition) is 0. The third kappa shape index (κ3) is 15.6. The molecular weight excluding hydrogens is 423 g/mol. The number of carboxylic acid groups (broad SMARTS) is 3. The minimum Gasteiger partial charge on any atom is -0.549 e. The fourth-order valence-corrected chi connectivity index (χ4v) is 1.88.